The fraction of sp³-hybridized carbons (Fsp3) is 0.533. The first-order chi connectivity index (χ1) is 9.31. The van der Waals surface area contributed by atoms with Crippen LogP contribution >= 0.6 is 0 Å². The molecule has 1 aromatic rings. The zero-order valence-corrected chi connectivity index (χ0v) is 11.0. The number of hydrogen-bond donors (Lipinski definition) is 2. The average molecular weight is 260 g/mol. The summed E-state index contributed by atoms with van der Waals surface area (Å²) in [6, 6.07) is 10.1. The van der Waals surface area contributed by atoms with Gasteiger partial charge in [0.05, 0.1) is 0 Å². The molecule has 1 saturated carbocycles. The Morgan fingerprint density at radius 1 is 1.21 bits per heavy atom. The molecule has 0 bridgehead atoms. The molecule has 0 radical (unpaired) electrons. The molecular weight excluding hydrogens is 240 g/mol. The smallest absolute Gasteiger partial charge is 0.407 e. The van der Waals surface area contributed by atoms with Crippen molar-refractivity contribution in [3.05, 3.63) is 35.9 Å². The fourth-order valence-corrected chi connectivity index (χ4v) is 3.22. The van der Waals surface area contributed by atoms with Crippen molar-refractivity contribution in [2.75, 3.05) is 13.1 Å². The molecule has 2 unspecified atom stereocenters. The standard InChI is InChI=1S/C15H20N2O2/c18-15(19-10-11-4-2-1-3-5-11)17-14-6-12-8-16-9-13(12)7-14/h1-5,12-14,16H,6-10H2,(H,17,18). The van der Waals surface area contributed by atoms with E-state index in [0.29, 0.717) is 12.6 Å². The van der Waals surface area contributed by atoms with E-state index < -0.39 is 0 Å². The zero-order valence-electron chi connectivity index (χ0n) is 11.0. The lowest BCUT2D eigenvalue weighted by Gasteiger charge is -2.14. The van der Waals surface area contributed by atoms with Gasteiger partial charge in [-0.3, -0.25) is 0 Å². The van der Waals surface area contributed by atoms with E-state index in [-0.39, 0.29) is 6.09 Å². The van der Waals surface area contributed by atoms with Gasteiger partial charge in [-0.2, -0.15) is 0 Å². The van der Waals surface area contributed by atoms with Crippen LogP contribution in [0.4, 0.5) is 4.79 Å². The maximum absolute atomic E-state index is 11.7. The first kappa shape index (κ1) is 12.5. The summed E-state index contributed by atoms with van der Waals surface area (Å²) in [7, 11) is 0. The van der Waals surface area contributed by atoms with Gasteiger partial charge in [-0.15, -0.1) is 0 Å². The first-order valence-corrected chi connectivity index (χ1v) is 6.99. The van der Waals surface area contributed by atoms with Crippen molar-refractivity contribution < 1.29 is 9.53 Å². The molecular formula is C15H20N2O2. The Morgan fingerprint density at radius 3 is 2.58 bits per heavy atom. The summed E-state index contributed by atoms with van der Waals surface area (Å²) in [6.07, 6.45) is 1.87. The molecule has 0 spiro atoms. The Morgan fingerprint density at radius 2 is 1.89 bits per heavy atom. The van der Waals surface area contributed by atoms with Crippen LogP contribution in [0.15, 0.2) is 30.3 Å². The molecule has 2 N–H and O–H groups in total. The molecule has 0 aromatic heterocycles. The number of nitrogens with one attached hydrogen (secondary N) is 2. The predicted molar refractivity (Wildman–Crippen MR) is 72.6 cm³/mol. The van der Waals surface area contributed by atoms with Gasteiger partial charge in [-0.1, -0.05) is 30.3 Å². The van der Waals surface area contributed by atoms with Gasteiger partial charge in [0.15, 0.2) is 0 Å². The van der Waals surface area contributed by atoms with Gasteiger partial charge in [0.1, 0.15) is 6.61 Å². The van der Waals surface area contributed by atoms with E-state index in [2.05, 4.69) is 10.6 Å². The fourth-order valence-electron chi connectivity index (χ4n) is 3.22. The number of ether oxygens (including phenoxy) is 1. The minimum atomic E-state index is -0.290. The molecule has 1 amide bonds. The topological polar surface area (TPSA) is 50.4 Å². The number of fused-ring (bicyclic) bond motifs is 1. The number of carbonyl (C=O) groups is 1. The predicted octanol–water partition coefficient (Wildman–Crippen LogP) is 1.91. The summed E-state index contributed by atoms with van der Waals surface area (Å²) in [6.45, 7) is 2.54. The third-order valence-electron chi connectivity index (χ3n) is 4.19. The molecule has 1 aliphatic carbocycles. The van der Waals surface area contributed by atoms with Gasteiger partial charge >= 0.3 is 6.09 Å². The Kier molecular flexibility index (Phi) is 3.69. The van der Waals surface area contributed by atoms with E-state index in [1.807, 2.05) is 30.3 Å². The molecule has 4 nitrogen and oxygen atoms in total. The van der Waals surface area contributed by atoms with Crippen LogP contribution < -0.4 is 10.6 Å². The molecule has 1 heterocycles. The van der Waals surface area contributed by atoms with E-state index in [9.17, 15) is 4.79 Å². The van der Waals surface area contributed by atoms with Crippen LogP contribution in [0, 0.1) is 11.8 Å². The second-order valence-corrected chi connectivity index (χ2v) is 5.55. The van der Waals surface area contributed by atoms with Crippen LogP contribution in [0.5, 0.6) is 0 Å². The number of alkyl carbamates (subject to hydrolysis) is 1. The molecule has 2 fully saturated rings. The van der Waals surface area contributed by atoms with Crippen molar-refractivity contribution >= 4 is 6.09 Å². The number of rotatable bonds is 3. The van der Waals surface area contributed by atoms with Gasteiger partial charge in [-0.25, -0.2) is 4.79 Å². The van der Waals surface area contributed by atoms with Crippen LogP contribution in [-0.2, 0) is 11.3 Å². The van der Waals surface area contributed by atoms with E-state index in [1.165, 1.54) is 0 Å². The maximum atomic E-state index is 11.7. The molecule has 19 heavy (non-hydrogen) atoms. The number of hydrogen-bond acceptors (Lipinski definition) is 3. The van der Waals surface area contributed by atoms with Gasteiger partial charge in [-0.05, 0) is 43.3 Å². The maximum Gasteiger partial charge on any atom is 0.407 e. The monoisotopic (exact) mass is 260 g/mol. The van der Waals surface area contributed by atoms with Crippen molar-refractivity contribution in [1.82, 2.24) is 10.6 Å². The van der Waals surface area contributed by atoms with Gasteiger partial charge in [0, 0.05) is 6.04 Å². The summed E-state index contributed by atoms with van der Waals surface area (Å²) in [5.74, 6) is 1.47. The highest BCUT2D eigenvalue weighted by molar-refractivity contribution is 5.67. The summed E-state index contributed by atoms with van der Waals surface area (Å²) in [4.78, 5) is 11.7. The number of benzene rings is 1. The van der Waals surface area contributed by atoms with Gasteiger partial charge < -0.3 is 15.4 Å². The largest absolute Gasteiger partial charge is 0.445 e. The van der Waals surface area contributed by atoms with Crippen molar-refractivity contribution in [1.29, 1.82) is 0 Å². The van der Waals surface area contributed by atoms with E-state index in [4.69, 9.17) is 4.74 Å². The van der Waals surface area contributed by atoms with Crippen LogP contribution in [-0.4, -0.2) is 25.2 Å². The normalized spacial score (nSPS) is 28.9. The lowest BCUT2D eigenvalue weighted by molar-refractivity contribution is 0.135. The van der Waals surface area contributed by atoms with E-state index in [0.717, 1.165) is 43.3 Å². The molecule has 4 heteroatoms. The van der Waals surface area contributed by atoms with Crippen LogP contribution in [0.25, 0.3) is 0 Å². The SMILES string of the molecule is O=C(NC1CC2CNCC2C1)OCc1ccccc1. The lowest BCUT2D eigenvalue weighted by Crippen LogP contribution is -2.34. The minimum Gasteiger partial charge on any atom is -0.445 e. The molecule has 3 rings (SSSR count). The highest BCUT2D eigenvalue weighted by Gasteiger charge is 2.37. The Balaban J connectivity index is 1.42. The van der Waals surface area contributed by atoms with Gasteiger partial charge in [0.2, 0.25) is 0 Å². The van der Waals surface area contributed by atoms with Crippen LogP contribution in [0.2, 0.25) is 0 Å². The summed E-state index contributed by atoms with van der Waals surface area (Å²) in [5.41, 5.74) is 1.02. The molecule has 1 aliphatic heterocycles. The molecule has 1 aromatic carbocycles. The van der Waals surface area contributed by atoms with Crippen LogP contribution in [0.1, 0.15) is 18.4 Å². The molecule has 1 saturated heterocycles. The highest BCUT2D eigenvalue weighted by atomic mass is 16.5. The number of carbonyl (C=O) groups excluding carboxylic acids is 1. The zero-order chi connectivity index (χ0) is 13.1. The lowest BCUT2D eigenvalue weighted by atomic mass is 10.0. The summed E-state index contributed by atoms with van der Waals surface area (Å²) >= 11 is 0. The van der Waals surface area contributed by atoms with E-state index in [1.54, 1.807) is 0 Å². The second kappa shape index (κ2) is 5.61. The quantitative estimate of drug-likeness (QED) is 0.873. The van der Waals surface area contributed by atoms with Crippen LogP contribution in [0.3, 0.4) is 0 Å². The Labute approximate surface area is 113 Å². The molecule has 2 atom stereocenters. The van der Waals surface area contributed by atoms with Crippen molar-refractivity contribution in [2.24, 2.45) is 11.8 Å². The second-order valence-electron chi connectivity index (χ2n) is 5.55. The minimum absolute atomic E-state index is 0.290. The highest BCUT2D eigenvalue weighted by Crippen LogP contribution is 2.34. The van der Waals surface area contributed by atoms with Crippen molar-refractivity contribution in [2.45, 2.75) is 25.5 Å². The van der Waals surface area contributed by atoms with Crippen molar-refractivity contribution in [3.63, 3.8) is 0 Å². The van der Waals surface area contributed by atoms with Crippen molar-refractivity contribution in [3.8, 4) is 0 Å². The Hall–Kier alpha value is -1.55. The summed E-state index contributed by atoms with van der Waals surface area (Å²) in [5, 5.41) is 6.39. The first-order valence-electron chi connectivity index (χ1n) is 6.99. The summed E-state index contributed by atoms with van der Waals surface area (Å²) < 4.78 is 5.25. The third-order valence-corrected chi connectivity index (χ3v) is 4.19. The molecule has 2 aliphatic rings. The molecule has 102 valence electrons. The Bertz CT molecular complexity index is 423. The third kappa shape index (κ3) is 3.07. The average Bonchev–Trinajstić information content (AvgIpc) is 2.98. The van der Waals surface area contributed by atoms with Gasteiger partial charge in [0.25, 0.3) is 0 Å². The number of amides is 1. The van der Waals surface area contributed by atoms with E-state index >= 15 is 0 Å².